The van der Waals surface area contributed by atoms with Gasteiger partial charge in [-0.2, -0.15) is 0 Å². The molecule has 2 N–H and O–H groups in total. The summed E-state index contributed by atoms with van der Waals surface area (Å²) >= 11 is 0. The minimum absolute atomic E-state index is 0.0170. The third-order valence-corrected chi connectivity index (χ3v) is 1.49. The van der Waals surface area contributed by atoms with Crippen LogP contribution in [0, 0.1) is 0 Å². The van der Waals surface area contributed by atoms with Crippen LogP contribution in [-0.4, -0.2) is 48.3 Å². The molecule has 4 heteroatoms. The molecule has 0 aromatic carbocycles. The van der Waals surface area contributed by atoms with Gasteiger partial charge in [-0.3, -0.25) is 0 Å². The molecule has 0 aliphatic heterocycles. The third kappa shape index (κ3) is 8.18. The first-order valence-corrected chi connectivity index (χ1v) is 4.58. The molecule has 0 aromatic heterocycles. The summed E-state index contributed by atoms with van der Waals surface area (Å²) in [5, 5.41) is 17.6. The van der Waals surface area contributed by atoms with Crippen LogP contribution in [0.15, 0.2) is 0 Å². The molecular weight excluding hydrogens is 172 g/mol. The van der Waals surface area contributed by atoms with E-state index in [-0.39, 0.29) is 18.8 Å². The lowest BCUT2D eigenvalue weighted by molar-refractivity contribution is -0.0620. The van der Waals surface area contributed by atoms with Gasteiger partial charge < -0.3 is 19.7 Å². The Kier molecular flexibility index (Phi) is 7.17. The van der Waals surface area contributed by atoms with Crippen LogP contribution in [-0.2, 0) is 9.47 Å². The molecule has 3 atom stereocenters. The first-order chi connectivity index (χ1) is 6.06. The monoisotopic (exact) mass is 192 g/mol. The number of ether oxygens (including phenoxy) is 2. The quantitative estimate of drug-likeness (QED) is 0.603. The van der Waals surface area contributed by atoms with Crippen LogP contribution < -0.4 is 0 Å². The van der Waals surface area contributed by atoms with E-state index in [0.29, 0.717) is 13.2 Å². The molecule has 4 nitrogen and oxygen atoms in total. The minimum atomic E-state index is -0.447. The molecule has 13 heavy (non-hydrogen) atoms. The molecule has 0 spiro atoms. The van der Waals surface area contributed by atoms with Crippen molar-refractivity contribution in [3.8, 4) is 0 Å². The van der Waals surface area contributed by atoms with Gasteiger partial charge in [0.15, 0.2) is 0 Å². The highest BCUT2D eigenvalue weighted by molar-refractivity contribution is 4.52. The molecule has 0 unspecified atom stereocenters. The van der Waals surface area contributed by atoms with Crippen molar-refractivity contribution in [2.45, 2.75) is 39.1 Å². The van der Waals surface area contributed by atoms with Gasteiger partial charge in [0, 0.05) is 0 Å². The molecule has 0 radical (unpaired) electrons. The zero-order chi connectivity index (χ0) is 10.3. The van der Waals surface area contributed by atoms with Crippen LogP contribution in [0.5, 0.6) is 0 Å². The van der Waals surface area contributed by atoms with E-state index < -0.39 is 6.10 Å². The molecule has 0 aromatic rings. The van der Waals surface area contributed by atoms with Gasteiger partial charge in [-0.1, -0.05) is 0 Å². The summed E-state index contributed by atoms with van der Waals surface area (Å²) in [4.78, 5) is 0. The van der Waals surface area contributed by atoms with Gasteiger partial charge in [0.2, 0.25) is 0 Å². The van der Waals surface area contributed by atoms with E-state index in [4.69, 9.17) is 19.7 Å². The summed E-state index contributed by atoms with van der Waals surface area (Å²) in [6.45, 7) is 6.10. The summed E-state index contributed by atoms with van der Waals surface area (Å²) in [6, 6.07) is 0. The fraction of sp³-hybridized carbons (Fsp3) is 1.00. The molecule has 0 aliphatic rings. The molecule has 0 saturated carbocycles. The predicted octanol–water partition coefficient (Wildman–Crippen LogP) is 0.170. The molecule has 0 amide bonds. The lowest BCUT2D eigenvalue weighted by Gasteiger charge is -2.16. The van der Waals surface area contributed by atoms with Crippen LogP contribution in [0.1, 0.15) is 20.8 Å². The maximum atomic E-state index is 8.92. The molecule has 0 fully saturated rings. The zero-order valence-electron chi connectivity index (χ0n) is 8.56. The van der Waals surface area contributed by atoms with Crippen LogP contribution in [0.2, 0.25) is 0 Å². The Balaban J connectivity index is 3.34. The van der Waals surface area contributed by atoms with E-state index in [0.717, 1.165) is 0 Å². The second-order valence-electron chi connectivity index (χ2n) is 3.32. The lowest BCUT2D eigenvalue weighted by atomic mass is 10.4. The third-order valence-electron chi connectivity index (χ3n) is 1.49. The van der Waals surface area contributed by atoms with Crippen molar-refractivity contribution in [3.05, 3.63) is 0 Å². The molecule has 80 valence electrons. The maximum absolute atomic E-state index is 8.92. The predicted molar refractivity (Wildman–Crippen MR) is 49.6 cm³/mol. The van der Waals surface area contributed by atoms with E-state index in [2.05, 4.69) is 0 Å². The van der Waals surface area contributed by atoms with Crippen molar-refractivity contribution in [1.29, 1.82) is 0 Å². The summed E-state index contributed by atoms with van der Waals surface area (Å²) < 4.78 is 10.5. The highest BCUT2D eigenvalue weighted by atomic mass is 16.5. The van der Waals surface area contributed by atoms with E-state index in [9.17, 15) is 0 Å². The minimum Gasteiger partial charge on any atom is -0.394 e. The van der Waals surface area contributed by atoms with E-state index >= 15 is 0 Å². The number of hydrogen-bond donors (Lipinski definition) is 2. The van der Waals surface area contributed by atoms with Gasteiger partial charge >= 0.3 is 0 Å². The second kappa shape index (κ2) is 7.26. The van der Waals surface area contributed by atoms with Gasteiger partial charge in [-0.25, -0.2) is 0 Å². The first-order valence-electron chi connectivity index (χ1n) is 4.58. The number of aliphatic hydroxyl groups is 2. The molecule has 0 heterocycles. The van der Waals surface area contributed by atoms with Crippen LogP contribution >= 0.6 is 0 Å². The fourth-order valence-electron chi connectivity index (χ4n) is 0.704. The maximum Gasteiger partial charge on any atom is 0.0781 e. The Morgan fingerprint density at radius 3 is 2.00 bits per heavy atom. The van der Waals surface area contributed by atoms with Gasteiger partial charge in [0.1, 0.15) is 0 Å². The first kappa shape index (κ1) is 12.8. The van der Waals surface area contributed by atoms with Crippen LogP contribution in [0.3, 0.4) is 0 Å². The van der Waals surface area contributed by atoms with Crippen molar-refractivity contribution >= 4 is 0 Å². The van der Waals surface area contributed by atoms with Crippen molar-refractivity contribution in [1.82, 2.24) is 0 Å². The molecule has 0 saturated heterocycles. The Morgan fingerprint density at radius 1 is 1.00 bits per heavy atom. The summed E-state index contributed by atoms with van der Waals surface area (Å²) in [5.74, 6) is 0. The summed E-state index contributed by atoms with van der Waals surface area (Å²) in [7, 11) is 0. The van der Waals surface area contributed by atoms with Crippen molar-refractivity contribution < 1.29 is 19.7 Å². The van der Waals surface area contributed by atoms with Crippen molar-refractivity contribution in [3.63, 3.8) is 0 Å². The van der Waals surface area contributed by atoms with Crippen LogP contribution in [0.4, 0.5) is 0 Å². The number of hydrogen-bond acceptors (Lipinski definition) is 4. The average molecular weight is 192 g/mol. The molecule has 0 bridgehead atoms. The highest BCUT2D eigenvalue weighted by Crippen LogP contribution is 1.97. The Bertz CT molecular complexity index is 116. The van der Waals surface area contributed by atoms with E-state index in [1.54, 1.807) is 13.8 Å². The average Bonchev–Trinajstić information content (AvgIpc) is 2.10. The zero-order valence-corrected chi connectivity index (χ0v) is 8.56. The van der Waals surface area contributed by atoms with Gasteiger partial charge in [0.25, 0.3) is 0 Å². The van der Waals surface area contributed by atoms with Crippen molar-refractivity contribution in [2.24, 2.45) is 0 Å². The highest BCUT2D eigenvalue weighted by Gasteiger charge is 2.06. The second-order valence-corrected chi connectivity index (χ2v) is 3.32. The van der Waals surface area contributed by atoms with Crippen molar-refractivity contribution in [2.75, 3.05) is 19.8 Å². The number of aliphatic hydroxyl groups excluding tert-OH is 2. The smallest absolute Gasteiger partial charge is 0.0781 e. The van der Waals surface area contributed by atoms with Gasteiger partial charge in [-0.05, 0) is 20.8 Å². The topological polar surface area (TPSA) is 58.9 Å². The summed E-state index contributed by atoms with van der Waals surface area (Å²) in [6.07, 6.45) is -0.654. The lowest BCUT2D eigenvalue weighted by Crippen LogP contribution is -2.24. The standard InChI is InChI=1S/C9H20O4/c1-7(11)5-12-9(3)6-13-8(2)4-10/h7-11H,4-6H2,1-3H3/t7-,8-,9-/m0/s1. The van der Waals surface area contributed by atoms with E-state index in [1.165, 1.54) is 0 Å². The molecule has 0 aliphatic carbocycles. The Labute approximate surface area is 79.5 Å². The van der Waals surface area contributed by atoms with Gasteiger partial charge in [-0.15, -0.1) is 0 Å². The largest absolute Gasteiger partial charge is 0.394 e. The normalized spacial score (nSPS) is 18.2. The Morgan fingerprint density at radius 2 is 1.54 bits per heavy atom. The fourth-order valence-corrected chi connectivity index (χ4v) is 0.704. The molecular formula is C9H20O4. The SMILES string of the molecule is C[C@H](O)CO[C@@H](C)CO[C@@H](C)CO. The summed E-state index contributed by atoms with van der Waals surface area (Å²) in [5.41, 5.74) is 0. The van der Waals surface area contributed by atoms with E-state index in [1.807, 2.05) is 6.92 Å². The Hall–Kier alpha value is -0.160. The molecule has 0 rings (SSSR count). The van der Waals surface area contributed by atoms with Gasteiger partial charge in [0.05, 0.1) is 38.1 Å². The van der Waals surface area contributed by atoms with Crippen LogP contribution in [0.25, 0.3) is 0 Å². The number of rotatable bonds is 7.